The Morgan fingerprint density at radius 1 is 0.880 bits per heavy atom. The minimum absolute atomic E-state index is 0.410. The van der Waals surface area contributed by atoms with Crippen LogP contribution in [0.3, 0.4) is 0 Å². The number of rotatable bonds is 1. The van der Waals surface area contributed by atoms with Gasteiger partial charge in [-0.25, -0.2) is 0 Å². The lowest BCUT2D eigenvalue weighted by Crippen LogP contribution is -2.45. The van der Waals surface area contributed by atoms with Crippen molar-refractivity contribution in [3.63, 3.8) is 0 Å². The molecule has 2 aromatic rings. The van der Waals surface area contributed by atoms with Gasteiger partial charge in [0.25, 0.3) is 0 Å². The molecular weight excluding hydrogens is 302 g/mol. The fourth-order valence-corrected chi connectivity index (χ4v) is 6.30. The normalized spacial score (nSPS) is 29.6. The highest BCUT2D eigenvalue weighted by Crippen LogP contribution is 2.57. The molecule has 0 N–H and O–H groups in total. The zero-order valence-corrected chi connectivity index (χ0v) is 16.2. The SMILES string of the molecule is Cc1ccccc1-c1c2c3c4c([n+]1C)CCC4(C)CCC3(C)CCC2. The van der Waals surface area contributed by atoms with Gasteiger partial charge in [-0.2, -0.15) is 4.57 Å². The Labute approximate surface area is 152 Å². The van der Waals surface area contributed by atoms with E-state index in [4.69, 9.17) is 0 Å². The fraction of sp³-hybridized carbons (Fsp3) is 0.542. The number of nitrogens with zero attached hydrogens (tertiary/aromatic N) is 1. The standard InChI is InChI=1S/C24H30N/c1-16-8-5-6-9-17(16)22-18-10-7-12-23(2)14-15-24(3)13-11-19(25(22)4)21(24)20(18)23/h5-6,8-9H,7,10-15H2,1-4H3/q+1. The Morgan fingerprint density at radius 2 is 1.60 bits per heavy atom. The molecule has 0 radical (unpaired) electrons. The van der Waals surface area contributed by atoms with E-state index in [1.807, 2.05) is 0 Å². The third-order valence-electron chi connectivity index (χ3n) is 7.77. The van der Waals surface area contributed by atoms with Crippen molar-refractivity contribution in [1.29, 1.82) is 0 Å². The van der Waals surface area contributed by atoms with E-state index in [2.05, 4.69) is 56.7 Å². The second-order valence-corrected chi connectivity index (χ2v) is 9.37. The molecule has 2 atom stereocenters. The summed E-state index contributed by atoms with van der Waals surface area (Å²) in [5, 5.41) is 0. The summed E-state index contributed by atoms with van der Waals surface area (Å²) in [5.41, 5.74) is 12.1. The van der Waals surface area contributed by atoms with E-state index in [1.54, 1.807) is 22.4 Å². The molecule has 1 aromatic heterocycles. The summed E-state index contributed by atoms with van der Waals surface area (Å²) >= 11 is 0. The maximum Gasteiger partial charge on any atom is 0.216 e. The smallest absolute Gasteiger partial charge is 0.198 e. The average Bonchev–Trinajstić information content (AvgIpc) is 2.94. The number of hydrogen-bond acceptors (Lipinski definition) is 0. The van der Waals surface area contributed by atoms with Gasteiger partial charge in [0.05, 0.1) is 0 Å². The van der Waals surface area contributed by atoms with Gasteiger partial charge in [0.2, 0.25) is 5.69 Å². The summed E-state index contributed by atoms with van der Waals surface area (Å²) < 4.78 is 2.58. The molecule has 5 rings (SSSR count). The lowest BCUT2D eigenvalue weighted by atomic mass is 9.57. The van der Waals surface area contributed by atoms with Gasteiger partial charge < -0.3 is 0 Å². The Bertz CT molecular complexity index is 893. The highest BCUT2D eigenvalue weighted by Gasteiger charge is 2.52. The lowest BCUT2D eigenvalue weighted by molar-refractivity contribution is -0.668. The first-order valence-electron chi connectivity index (χ1n) is 10.1. The molecule has 0 saturated heterocycles. The fourth-order valence-electron chi connectivity index (χ4n) is 6.30. The van der Waals surface area contributed by atoms with Crippen LogP contribution in [0.25, 0.3) is 11.3 Å². The summed E-state index contributed by atoms with van der Waals surface area (Å²) in [5.74, 6) is 0. The van der Waals surface area contributed by atoms with Gasteiger partial charge in [-0.15, -0.1) is 0 Å². The third-order valence-corrected chi connectivity index (χ3v) is 7.77. The van der Waals surface area contributed by atoms with Crippen LogP contribution in [0.4, 0.5) is 0 Å². The Balaban J connectivity index is 1.92. The van der Waals surface area contributed by atoms with Crippen molar-refractivity contribution in [3.05, 3.63) is 52.2 Å². The quantitative estimate of drug-likeness (QED) is 0.641. The van der Waals surface area contributed by atoms with Crippen molar-refractivity contribution in [2.45, 2.75) is 76.5 Å². The summed E-state index contributed by atoms with van der Waals surface area (Å²) in [6.45, 7) is 7.37. The number of benzene rings is 1. The summed E-state index contributed by atoms with van der Waals surface area (Å²) in [6, 6.07) is 8.99. The zero-order chi connectivity index (χ0) is 17.4. The maximum absolute atomic E-state index is 2.58. The van der Waals surface area contributed by atoms with E-state index in [1.165, 1.54) is 61.8 Å². The van der Waals surface area contributed by atoms with Crippen LogP contribution < -0.4 is 4.57 Å². The number of pyridine rings is 1. The Kier molecular flexibility index (Phi) is 3.10. The molecule has 0 fully saturated rings. The number of aryl methyl sites for hydroxylation is 1. The van der Waals surface area contributed by atoms with Crippen LogP contribution in [0.2, 0.25) is 0 Å². The molecule has 1 aromatic carbocycles. The van der Waals surface area contributed by atoms with Gasteiger partial charge in [0, 0.05) is 23.1 Å². The zero-order valence-electron chi connectivity index (χ0n) is 16.2. The molecule has 1 heteroatoms. The van der Waals surface area contributed by atoms with Crippen LogP contribution in [0.15, 0.2) is 24.3 Å². The van der Waals surface area contributed by atoms with Crippen LogP contribution in [0, 0.1) is 6.92 Å². The third kappa shape index (κ3) is 1.93. The average molecular weight is 333 g/mol. The van der Waals surface area contributed by atoms with Crippen LogP contribution in [-0.4, -0.2) is 0 Å². The van der Waals surface area contributed by atoms with E-state index in [0.717, 1.165) is 0 Å². The highest BCUT2D eigenvalue weighted by molar-refractivity contribution is 5.69. The van der Waals surface area contributed by atoms with Crippen molar-refractivity contribution < 1.29 is 4.57 Å². The summed E-state index contributed by atoms with van der Waals surface area (Å²) in [7, 11) is 2.33. The van der Waals surface area contributed by atoms with Crippen molar-refractivity contribution in [2.24, 2.45) is 7.05 Å². The summed E-state index contributed by atoms with van der Waals surface area (Å²) in [6.07, 6.45) is 9.34. The van der Waals surface area contributed by atoms with Gasteiger partial charge in [0.1, 0.15) is 7.05 Å². The number of aromatic nitrogens is 1. The predicted octanol–water partition coefficient (Wildman–Crippen LogP) is 5.08. The van der Waals surface area contributed by atoms with E-state index >= 15 is 0 Å². The van der Waals surface area contributed by atoms with Gasteiger partial charge in [-0.1, -0.05) is 32.0 Å². The van der Waals surface area contributed by atoms with Crippen LogP contribution >= 0.6 is 0 Å². The Morgan fingerprint density at radius 3 is 2.36 bits per heavy atom. The van der Waals surface area contributed by atoms with Gasteiger partial charge in [0.15, 0.2) is 5.69 Å². The first-order chi connectivity index (χ1) is 11.9. The van der Waals surface area contributed by atoms with Crippen molar-refractivity contribution >= 4 is 0 Å². The monoisotopic (exact) mass is 332 g/mol. The molecule has 0 aliphatic heterocycles. The van der Waals surface area contributed by atoms with Crippen LogP contribution in [0.5, 0.6) is 0 Å². The molecule has 1 nitrogen and oxygen atoms in total. The molecule has 25 heavy (non-hydrogen) atoms. The lowest BCUT2D eigenvalue weighted by Gasteiger charge is -2.46. The highest BCUT2D eigenvalue weighted by atomic mass is 15.0. The molecule has 0 bridgehead atoms. The molecule has 0 saturated carbocycles. The molecule has 3 aliphatic carbocycles. The summed E-state index contributed by atoms with van der Waals surface area (Å²) in [4.78, 5) is 0. The van der Waals surface area contributed by atoms with Crippen molar-refractivity contribution in [2.75, 3.05) is 0 Å². The van der Waals surface area contributed by atoms with Gasteiger partial charge in [-0.05, 0) is 73.5 Å². The molecule has 130 valence electrons. The molecule has 1 heterocycles. The largest absolute Gasteiger partial charge is 0.216 e. The molecular formula is C24H30N+. The topological polar surface area (TPSA) is 3.88 Å². The molecule has 0 spiro atoms. The molecule has 2 unspecified atom stereocenters. The second-order valence-electron chi connectivity index (χ2n) is 9.37. The van der Waals surface area contributed by atoms with Crippen molar-refractivity contribution in [1.82, 2.24) is 0 Å². The maximum atomic E-state index is 2.58. The van der Waals surface area contributed by atoms with Gasteiger partial charge >= 0.3 is 0 Å². The predicted molar refractivity (Wildman–Crippen MR) is 103 cm³/mol. The second kappa shape index (κ2) is 4.96. The molecule has 0 amide bonds. The van der Waals surface area contributed by atoms with Crippen LogP contribution in [0.1, 0.15) is 73.9 Å². The minimum atomic E-state index is 0.410. The number of hydrogen-bond donors (Lipinski definition) is 0. The first kappa shape index (κ1) is 15.6. The van der Waals surface area contributed by atoms with Gasteiger partial charge in [-0.3, -0.25) is 0 Å². The van der Waals surface area contributed by atoms with Crippen LogP contribution in [-0.2, 0) is 30.7 Å². The van der Waals surface area contributed by atoms with E-state index in [-0.39, 0.29) is 0 Å². The van der Waals surface area contributed by atoms with E-state index in [9.17, 15) is 0 Å². The first-order valence-corrected chi connectivity index (χ1v) is 10.1. The van der Waals surface area contributed by atoms with E-state index in [0.29, 0.717) is 10.8 Å². The molecule has 3 aliphatic rings. The minimum Gasteiger partial charge on any atom is -0.198 e. The van der Waals surface area contributed by atoms with E-state index < -0.39 is 0 Å². The van der Waals surface area contributed by atoms with Crippen molar-refractivity contribution in [3.8, 4) is 11.3 Å². The Hall–Kier alpha value is -1.63.